The monoisotopic (exact) mass is 348 g/mol. The Morgan fingerprint density at radius 3 is 2.29 bits per heavy atom. The molecule has 0 bridgehead atoms. The zero-order valence-corrected chi connectivity index (χ0v) is 13.8. The highest BCUT2D eigenvalue weighted by Gasteiger charge is 2.07. The van der Waals surface area contributed by atoms with Gasteiger partial charge in [-0.3, -0.25) is 20.4 Å². The summed E-state index contributed by atoms with van der Waals surface area (Å²) in [4.78, 5) is 23.1. The SMILES string of the molecule is COCC(=O)NNC(=O)c1ccc(COc2ccc(Cl)cc2)cc1. The van der Waals surface area contributed by atoms with Gasteiger partial charge in [-0.1, -0.05) is 23.7 Å². The summed E-state index contributed by atoms with van der Waals surface area (Å²) in [6, 6.07) is 13.9. The summed E-state index contributed by atoms with van der Waals surface area (Å²) in [6.07, 6.45) is 0. The van der Waals surface area contributed by atoms with Crippen molar-refractivity contribution in [2.75, 3.05) is 13.7 Å². The fourth-order valence-electron chi connectivity index (χ4n) is 1.82. The topological polar surface area (TPSA) is 76.7 Å². The van der Waals surface area contributed by atoms with E-state index in [1.54, 1.807) is 48.5 Å². The first-order valence-electron chi connectivity index (χ1n) is 7.14. The molecule has 0 radical (unpaired) electrons. The number of hydrogen-bond donors (Lipinski definition) is 2. The summed E-state index contributed by atoms with van der Waals surface area (Å²) in [5.41, 5.74) is 5.88. The smallest absolute Gasteiger partial charge is 0.269 e. The Bertz CT molecular complexity index is 687. The van der Waals surface area contributed by atoms with Gasteiger partial charge in [-0.2, -0.15) is 0 Å². The van der Waals surface area contributed by atoms with Crippen LogP contribution in [0.2, 0.25) is 5.02 Å². The summed E-state index contributed by atoms with van der Waals surface area (Å²) >= 11 is 5.81. The van der Waals surface area contributed by atoms with Crippen LogP contribution < -0.4 is 15.6 Å². The maximum absolute atomic E-state index is 11.9. The largest absolute Gasteiger partial charge is 0.489 e. The van der Waals surface area contributed by atoms with E-state index in [1.807, 2.05) is 0 Å². The molecule has 2 aromatic rings. The predicted molar refractivity (Wildman–Crippen MR) is 89.7 cm³/mol. The van der Waals surface area contributed by atoms with E-state index in [1.165, 1.54) is 7.11 Å². The van der Waals surface area contributed by atoms with Crippen molar-refractivity contribution in [3.63, 3.8) is 0 Å². The van der Waals surface area contributed by atoms with Gasteiger partial charge in [-0.25, -0.2) is 0 Å². The third-order valence-electron chi connectivity index (χ3n) is 3.03. The molecule has 0 spiro atoms. The van der Waals surface area contributed by atoms with E-state index >= 15 is 0 Å². The van der Waals surface area contributed by atoms with Gasteiger partial charge in [0.2, 0.25) is 0 Å². The van der Waals surface area contributed by atoms with Crippen LogP contribution in [0.5, 0.6) is 5.75 Å². The van der Waals surface area contributed by atoms with E-state index in [0.29, 0.717) is 22.9 Å². The van der Waals surface area contributed by atoms with Crippen LogP contribution >= 0.6 is 11.6 Å². The number of methoxy groups -OCH3 is 1. The average Bonchev–Trinajstić information content (AvgIpc) is 2.60. The molecule has 0 aliphatic carbocycles. The first-order chi connectivity index (χ1) is 11.6. The molecule has 24 heavy (non-hydrogen) atoms. The molecule has 0 aliphatic rings. The lowest BCUT2D eigenvalue weighted by Gasteiger charge is -2.08. The summed E-state index contributed by atoms with van der Waals surface area (Å²) < 4.78 is 10.3. The van der Waals surface area contributed by atoms with E-state index in [0.717, 1.165) is 5.56 Å². The first-order valence-corrected chi connectivity index (χ1v) is 7.51. The Labute approximate surface area is 144 Å². The van der Waals surface area contributed by atoms with Gasteiger partial charge in [-0.05, 0) is 42.0 Å². The molecular weight excluding hydrogens is 332 g/mol. The maximum atomic E-state index is 11.9. The summed E-state index contributed by atoms with van der Waals surface area (Å²) in [7, 11) is 1.40. The molecule has 0 unspecified atom stereocenters. The van der Waals surface area contributed by atoms with Gasteiger partial charge >= 0.3 is 0 Å². The maximum Gasteiger partial charge on any atom is 0.269 e. The second-order valence-corrected chi connectivity index (χ2v) is 5.31. The zero-order chi connectivity index (χ0) is 17.4. The number of carbonyl (C=O) groups is 2. The molecule has 126 valence electrons. The number of ether oxygens (including phenoxy) is 2. The van der Waals surface area contributed by atoms with Gasteiger partial charge in [0.15, 0.2) is 0 Å². The molecule has 0 aliphatic heterocycles. The molecule has 2 N–H and O–H groups in total. The number of hydrazine groups is 1. The van der Waals surface area contributed by atoms with E-state index in [4.69, 9.17) is 16.3 Å². The number of rotatable bonds is 6. The second kappa shape index (κ2) is 8.90. The highest BCUT2D eigenvalue weighted by atomic mass is 35.5. The lowest BCUT2D eigenvalue weighted by molar-refractivity contribution is -0.125. The van der Waals surface area contributed by atoms with Crippen LogP contribution in [0.1, 0.15) is 15.9 Å². The van der Waals surface area contributed by atoms with Crippen molar-refractivity contribution < 1.29 is 19.1 Å². The van der Waals surface area contributed by atoms with Crippen LogP contribution in [0.3, 0.4) is 0 Å². The molecule has 0 aromatic heterocycles. The van der Waals surface area contributed by atoms with Crippen molar-refractivity contribution in [1.29, 1.82) is 0 Å². The third kappa shape index (κ3) is 5.57. The lowest BCUT2D eigenvalue weighted by Crippen LogP contribution is -2.43. The van der Waals surface area contributed by atoms with Gasteiger partial charge in [0.25, 0.3) is 11.8 Å². The highest BCUT2D eigenvalue weighted by Crippen LogP contribution is 2.17. The Hall–Kier alpha value is -2.57. The Balaban J connectivity index is 1.84. The number of carbonyl (C=O) groups excluding carboxylic acids is 2. The summed E-state index contributed by atoms with van der Waals surface area (Å²) in [5, 5.41) is 0.648. The fourth-order valence-corrected chi connectivity index (χ4v) is 1.94. The van der Waals surface area contributed by atoms with Crippen LogP contribution in [0.4, 0.5) is 0 Å². The number of amides is 2. The van der Waals surface area contributed by atoms with Gasteiger partial charge in [0.05, 0.1) is 0 Å². The molecule has 0 saturated carbocycles. The van der Waals surface area contributed by atoms with Crippen molar-refractivity contribution >= 4 is 23.4 Å². The van der Waals surface area contributed by atoms with Crippen LogP contribution in [0.15, 0.2) is 48.5 Å². The minimum Gasteiger partial charge on any atom is -0.489 e. The second-order valence-electron chi connectivity index (χ2n) is 4.87. The molecule has 2 rings (SSSR count). The normalized spacial score (nSPS) is 10.1. The van der Waals surface area contributed by atoms with Crippen LogP contribution in [-0.2, 0) is 16.1 Å². The Morgan fingerprint density at radius 2 is 1.67 bits per heavy atom. The van der Waals surface area contributed by atoms with Crippen LogP contribution in [0.25, 0.3) is 0 Å². The van der Waals surface area contributed by atoms with Crippen molar-refractivity contribution in [2.45, 2.75) is 6.61 Å². The number of hydrogen-bond acceptors (Lipinski definition) is 4. The molecule has 0 heterocycles. The predicted octanol–water partition coefficient (Wildman–Crippen LogP) is 2.33. The molecule has 7 heteroatoms. The molecule has 0 fully saturated rings. The molecule has 0 saturated heterocycles. The van der Waals surface area contributed by atoms with Gasteiger partial charge in [0, 0.05) is 17.7 Å². The van der Waals surface area contributed by atoms with Gasteiger partial charge < -0.3 is 9.47 Å². The fraction of sp³-hybridized carbons (Fsp3) is 0.176. The molecule has 2 aromatic carbocycles. The third-order valence-corrected chi connectivity index (χ3v) is 3.28. The molecule has 2 amide bonds. The van der Waals surface area contributed by atoms with Gasteiger partial charge in [-0.15, -0.1) is 0 Å². The van der Waals surface area contributed by atoms with Crippen LogP contribution in [0, 0.1) is 0 Å². The molecular formula is C17H17ClN2O4. The molecule has 0 atom stereocenters. The zero-order valence-electron chi connectivity index (χ0n) is 13.0. The van der Waals surface area contributed by atoms with Crippen molar-refractivity contribution in [2.24, 2.45) is 0 Å². The Kier molecular flexibility index (Phi) is 6.60. The highest BCUT2D eigenvalue weighted by molar-refractivity contribution is 6.30. The standard InChI is InChI=1S/C17H17ClN2O4/c1-23-11-16(21)19-20-17(22)13-4-2-12(3-5-13)10-24-15-8-6-14(18)7-9-15/h2-9H,10-11H2,1H3,(H,19,21)(H,20,22). The average molecular weight is 349 g/mol. The van der Waals surface area contributed by atoms with E-state index in [9.17, 15) is 9.59 Å². The van der Waals surface area contributed by atoms with E-state index < -0.39 is 11.8 Å². The number of nitrogens with one attached hydrogen (secondary N) is 2. The lowest BCUT2D eigenvalue weighted by atomic mass is 10.1. The molecule has 6 nitrogen and oxygen atoms in total. The van der Waals surface area contributed by atoms with Gasteiger partial charge in [0.1, 0.15) is 19.0 Å². The summed E-state index contributed by atoms with van der Waals surface area (Å²) in [6.45, 7) is 0.245. The Morgan fingerprint density at radius 1 is 1.00 bits per heavy atom. The minimum absolute atomic E-state index is 0.124. The van der Waals surface area contributed by atoms with Crippen molar-refractivity contribution in [1.82, 2.24) is 10.9 Å². The van der Waals surface area contributed by atoms with Crippen LogP contribution in [-0.4, -0.2) is 25.5 Å². The van der Waals surface area contributed by atoms with E-state index in [2.05, 4.69) is 15.6 Å². The number of halogens is 1. The van der Waals surface area contributed by atoms with Crippen molar-refractivity contribution in [3.8, 4) is 5.75 Å². The first kappa shape index (κ1) is 17.8. The minimum atomic E-state index is -0.432. The summed E-state index contributed by atoms with van der Waals surface area (Å²) in [5.74, 6) is -0.134. The van der Waals surface area contributed by atoms with E-state index in [-0.39, 0.29) is 6.61 Å². The quantitative estimate of drug-likeness (QED) is 0.785. The number of benzene rings is 2. The van der Waals surface area contributed by atoms with Crippen molar-refractivity contribution in [3.05, 3.63) is 64.7 Å².